The van der Waals surface area contributed by atoms with Gasteiger partial charge >= 0.3 is 0 Å². The monoisotopic (exact) mass is 277 g/mol. The van der Waals surface area contributed by atoms with Crippen LogP contribution in [0.4, 0.5) is 0 Å². The zero-order chi connectivity index (χ0) is 15.7. The summed E-state index contributed by atoms with van der Waals surface area (Å²) in [5.74, 6) is 0.300. The quantitative estimate of drug-likeness (QED) is 0.390. The van der Waals surface area contributed by atoms with Gasteiger partial charge in [-0.25, -0.2) is 4.74 Å². The van der Waals surface area contributed by atoms with Crippen molar-refractivity contribution in [3.05, 3.63) is 34.0 Å². The Labute approximate surface area is 122 Å². The van der Waals surface area contributed by atoms with Gasteiger partial charge in [-0.2, -0.15) is 0 Å². The Hall–Kier alpha value is -1.51. The molecule has 112 valence electrons. The minimum atomic E-state index is -0.460. The van der Waals surface area contributed by atoms with Gasteiger partial charge in [0.05, 0.1) is 0 Å². The van der Waals surface area contributed by atoms with Gasteiger partial charge in [0, 0.05) is 25.8 Å². The Balaban J connectivity index is 3.10. The smallest absolute Gasteiger partial charge is 0.182 e. The van der Waals surface area contributed by atoms with Gasteiger partial charge in [0.1, 0.15) is 5.75 Å². The molecule has 0 aromatic heterocycles. The molecule has 0 saturated carbocycles. The summed E-state index contributed by atoms with van der Waals surface area (Å²) in [5, 5.41) is 22.2. The predicted molar refractivity (Wildman–Crippen MR) is 84.5 cm³/mol. The Morgan fingerprint density at radius 2 is 1.55 bits per heavy atom. The second kappa shape index (κ2) is 5.47. The van der Waals surface area contributed by atoms with Crippen LogP contribution in [0.25, 0.3) is 0 Å². The predicted octanol–water partition coefficient (Wildman–Crippen LogP) is 4.15. The second-order valence-electron chi connectivity index (χ2n) is 7.51. The van der Waals surface area contributed by atoms with Gasteiger partial charge in [-0.05, 0) is 42.5 Å². The fourth-order valence-electron chi connectivity index (χ4n) is 2.75. The highest BCUT2D eigenvalue weighted by Gasteiger charge is 2.32. The van der Waals surface area contributed by atoms with Crippen LogP contribution in [0.3, 0.4) is 0 Å². The Kier molecular flexibility index (Phi) is 4.52. The average Bonchev–Trinajstić information content (AvgIpc) is 2.22. The maximum absolute atomic E-state index is 12.4. The molecular weight excluding hydrogens is 250 g/mol. The molecule has 0 heterocycles. The van der Waals surface area contributed by atoms with Crippen molar-refractivity contribution < 1.29 is 9.85 Å². The second-order valence-corrected chi connectivity index (χ2v) is 7.51. The molecule has 0 aliphatic carbocycles. The minimum absolute atomic E-state index is 0.0980. The summed E-state index contributed by atoms with van der Waals surface area (Å²) in [4.78, 5) is 0. The molecule has 0 aliphatic rings. The van der Waals surface area contributed by atoms with Gasteiger partial charge in [0.15, 0.2) is 11.8 Å². The summed E-state index contributed by atoms with van der Waals surface area (Å²) in [6.45, 7) is 14.0. The molecule has 1 aromatic carbocycles. The lowest BCUT2D eigenvalue weighted by atomic mass is 9.82. The van der Waals surface area contributed by atoms with Crippen molar-refractivity contribution in [1.82, 2.24) is 0 Å². The fourth-order valence-corrected chi connectivity index (χ4v) is 2.75. The largest absolute Gasteiger partial charge is 0.623 e. The number of aromatic hydroxyl groups is 1. The highest BCUT2D eigenvalue weighted by Crippen LogP contribution is 2.29. The van der Waals surface area contributed by atoms with Gasteiger partial charge in [0.25, 0.3) is 0 Å². The Morgan fingerprint density at radius 3 is 1.95 bits per heavy atom. The van der Waals surface area contributed by atoms with Crippen LogP contribution in [0.1, 0.15) is 57.7 Å². The van der Waals surface area contributed by atoms with E-state index in [-0.39, 0.29) is 5.41 Å². The zero-order valence-electron chi connectivity index (χ0n) is 13.7. The molecule has 1 N–H and O–H groups in total. The molecule has 0 saturated heterocycles. The van der Waals surface area contributed by atoms with E-state index in [1.807, 2.05) is 39.8 Å². The van der Waals surface area contributed by atoms with Crippen LogP contribution in [-0.4, -0.2) is 21.6 Å². The first kappa shape index (κ1) is 16.5. The van der Waals surface area contributed by atoms with Crippen LogP contribution in [-0.2, 0) is 0 Å². The van der Waals surface area contributed by atoms with Gasteiger partial charge < -0.3 is 10.3 Å². The Bertz CT molecular complexity index is 499. The number of rotatable bonds is 3. The third-order valence-electron chi connectivity index (χ3n) is 3.34. The van der Waals surface area contributed by atoms with Crippen LogP contribution in [0.5, 0.6) is 5.75 Å². The first-order chi connectivity index (χ1) is 8.92. The molecule has 1 aromatic rings. The van der Waals surface area contributed by atoms with Crippen LogP contribution >= 0.6 is 0 Å². The number of hydrogen-bond donors (Lipinski definition) is 1. The number of hydroxylamine groups is 1. The van der Waals surface area contributed by atoms with E-state index in [0.29, 0.717) is 5.75 Å². The minimum Gasteiger partial charge on any atom is -0.623 e. The number of phenolic OH excluding ortho intramolecular Hbond substituents is 1. The van der Waals surface area contributed by atoms with Crippen molar-refractivity contribution in [3.63, 3.8) is 0 Å². The summed E-state index contributed by atoms with van der Waals surface area (Å²) in [5.41, 5.74) is 2.05. The molecule has 1 rings (SSSR count). The Morgan fingerprint density at radius 1 is 1.10 bits per heavy atom. The highest BCUT2D eigenvalue weighted by atomic mass is 16.5. The number of aryl methyl sites for hydroxylation is 2. The zero-order valence-corrected chi connectivity index (χ0v) is 13.7. The number of nitrogens with zero attached hydrogens (tertiary/aromatic N) is 1. The van der Waals surface area contributed by atoms with E-state index in [2.05, 4.69) is 20.8 Å². The van der Waals surface area contributed by atoms with E-state index in [4.69, 9.17) is 0 Å². The number of phenols is 1. The van der Waals surface area contributed by atoms with Crippen LogP contribution in [0, 0.1) is 24.5 Å². The number of benzene rings is 1. The van der Waals surface area contributed by atoms with Crippen LogP contribution in [0.15, 0.2) is 12.1 Å². The fraction of sp³-hybridized carbons (Fsp3) is 0.588. The molecule has 0 unspecified atom stereocenters. The van der Waals surface area contributed by atoms with E-state index in [0.717, 1.165) is 27.9 Å². The van der Waals surface area contributed by atoms with E-state index in [1.54, 1.807) is 6.21 Å². The molecule has 3 nitrogen and oxygen atoms in total. The van der Waals surface area contributed by atoms with Gasteiger partial charge in [0.2, 0.25) is 0 Å². The third-order valence-corrected chi connectivity index (χ3v) is 3.34. The van der Waals surface area contributed by atoms with E-state index >= 15 is 0 Å². The average molecular weight is 277 g/mol. The van der Waals surface area contributed by atoms with Crippen LogP contribution < -0.4 is 0 Å². The molecular formula is C17H27NO2. The molecule has 0 amide bonds. The van der Waals surface area contributed by atoms with E-state index in [1.165, 1.54) is 0 Å². The third kappa shape index (κ3) is 4.26. The molecule has 0 spiro atoms. The first-order valence-electron chi connectivity index (χ1n) is 7.04. The summed E-state index contributed by atoms with van der Waals surface area (Å²) >= 11 is 0. The van der Waals surface area contributed by atoms with Crippen molar-refractivity contribution in [2.24, 2.45) is 5.41 Å². The summed E-state index contributed by atoms with van der Waals surface area (Å²) < 4.78 is 1.03. The van der Waals surface area contributed by atoms with Crippen LogP contribution in [0.2, 0.25) is 0 Å². The lowest BCUT2D eigenvalue weighted by Crippen LogP contribution is -2.37. The molecule has 0 fully saturated rings. The van der Waals surface area contributed by atoms with Crippen molar-refractivity contribution >= 4 is 6.21 Å². The molecule has 3 heteroatoms. The summed E-state index contributed by atoms with van der Waals surface area (Å²) in [6, 6.07) is 3.67. The van der Waals surface area contributed by atoms with Gasteiger partial charge in [-0.3, -0.25) is 0 Å². The van der Waals surface area contributed by atoms with Crippen molar-refractivity contribution in [2.75, 3.05) is 0 Å². The van der Waals surface area contributed by atoms with Crippen molar-refractivity contribution in [3.8, 4) is 5.75 Å². The van der Waals surface area contributed by atoms with Gasteiger partial charge in [-0.1, -0.05) is 20.8 Å². The maximum Gasteiger partial charge on any atom is 0.182 e. The SMILES string of the molecule is Cc1cc(C=[N+]([O-])C(C)(C)CC(C)(C)C)cc(C)c1O. The molecule has 0 radical (unpaired) electrons. The highest BCUT2D eigenvalue weighted by molar-refractivity contribution is 5.77. The van der Waals surface area contributed by atoms with Crippen molar-refractivity contribution in [2.45, 2.75) is 60.4 Å². The molecule has 0 atom stereocenters. The van der Waals surface area contributed by atoms with E-state index < -0.39 is 5.54 Å². The molecule has 20 heavy (non-hydrogen) atoms. The standard InChI is InChI=1S/C17H27NO2/c1-12-8-14(9-13(2)15(12)19)10-18(20)17(6,7)11-16(3,4)5/h8-10,19H,11H2,1-7H3. The normalized spacial score (nSPS) is 13.7. The molecule has 0 bridgehead atoms. The van der Waals surface area contributed by atoms with E-state index in [9.17, 15) is 10.3 Å². The van der Waals surface area contributed by atoms with Crippen molar-refractivity contribution in [1.29, 1.82) is 0 Å². The van der Waals surface area contributed by atoms with Gasteiger partial charge in [-0.15, -0.1) is 0 Å². The molecule has 0 aliphatic heterocycles. The lowest BCUT2D eigenvalue weighted by molar-refractivity contribution is -0.540. The number of hydrogen-bond acceptors (Lipinski definition) is 2. The topological polar surface area (TPSA) is 46.3 Å². The lowest BCUT2D eigenvalue weighted by Gasteiger charge is -2.30. The summed E-state index contributed by atoms with van der Waals surface area (Å²) in [6.07, 6.45) is 2.42. The summed E-state index contributed by atoms with van der Waals surface area (Å²) in [7, 11) is 0. The maximum atomic E-state index is 12.4. The first-order valence-corrected chi connectivity index (χ1v) is 7.04.